The van der Waals surface area contributed by atoms with Crippen molar-refractivity contribution in [1.82, 2.24) is 4.90 Å². The molecule has 3 nitrogen and oxygen atoms in total. The van der Waals surface area contributed by atoms with Crippen molar-refractivity contribution < 1.29 is 17.9 Å². The first kappa shape index (κ1) is 14.3. The summed E-state index contributed by atoms with van der Waals surface area (Å²) < 4.78 is 42.8. The van der Waals surface area contributed by atoms with Gasteiger partial charge in [-0.05, 0) is 19.0 Å². The average molecular weight is 274 g/mol. The highest BCUT2D eigenvalue weighted by molar-refractivity contribution is 5.23. The van der Waals surface area contributed by atoms with Crippen molar-refractivity contribution in [1.29, 1.82) is 0 Å². The summed E-state index contributed by atoms with van der Waals surface area (Å²) in [5.41, 5.74) is 4.80. The SMILES string of the molecule is CN1CCC(N)CC1(OC(F)(F)F)c1ccccc1. The second-order valence-corrected chi connectivity index (χ2v) is 4.87. The number of benzene rings is 1. The molecule has 2 atom stereocenters. The lowest BCUT2D eigenvalue weighted by atomic mass is 9.88. The van der Waals surface area contributed by atoms with Gasteiger partial charge in [0.1, 0.15) is 0 Å². The van der Waals surface area contributed by atoms with Crippen LogP contribution in [0.25, 0.3) is 0 Å². The highest BCUT2D eigenvalue weighted by Crippen LogP contribution is 2.41. The van der Waals surface area contributed by atoms with Gasteiger partial charge in [-0.15, -0.1) is 13.2 Å². The van der Waals surface area contributed by atoms with E-state index < -0.39 is 12.1 Å². The molecule has 0 aromatic heterocycles. The number of ether oxygens (including phenoxy) is 1. The molecule has 0 amide bonds. The van der Waals surface area contributed by atoms with Crippen LogP contribution in [-0.4, -0.2) is 30.9 Å². The van der Waals surface area contributed by atoms with E-state index in [4.69, 9.17) is 5.73 Å². The molecule has 1 aromatic carbocycles. The maximum Gasteiger partial charge on any atom is 0.524 e. The lowest BCUT2D eigenvalue weighted by Crippen LogP contribution is -2.56. The number of nitrogens with zero attached hydrogens (tertiary/aromatic N) is 1. The number of alkyl halides is 3. The molecule has 1 heterocycles. The summed E-state index contributed by atoms with van der Waals surface area (Å²) in [6.45, 7) is 0.464. The van der Waals surface area contributed by atoms with Crippen LogP contribution < -0.4 is 5.73 Å². The van der Waals surface area contributed by atoms with Crippen molar-refractivity contribution in [3.63, 3.8) is 0 Å². The van der Waals surface area contributed by atoms with E-state index in [9.17, 15) is 13.2 Å². The molecule has 1 fully saturated rings. The summed E-state index contributed by atoms with van der Waals surface area (Å²) in [7, 11) is 1.63. The predicted molar refractivity (Wildman–Crippen MR) is 65.1 cm³/mol. The largest absolute Gasteiger partial charge is 0.524 e. The first-order valence-corrected chi connectivity index (χ1v) is 6.13. The number of halogens is 3. The molecule has 1 saturated heterocycles. The van der Waals surface area contributed by atoms with Crippen molar-refractivity contribution in [2.45, 2.75) is 31.0 Å². The van der Waals surface area contributed by atoms with Crippen molar-refractivity contribution in [2.75, 3.05) is 13.6 Å². The second-order valence-electron chi connectivity index (χ2n) is 4.87. The maximum absolute atomic E-state index is 12.8. The van der Waals surface area contributed by atoms with E-state index in [1.165, 1.54) is 0 Å². The van der Waals surface area contributed by atoms with Crippen LogP contribution in [0, 0.1) is 0 Å². The molecule has 1 aromatic rings. The normalized spacial score (nSPS) is 29.4. The van der Waals surface area contributed by atoms with Gasteiger partial charge >= 0.3 is 6.36 Å². The fourth-order valence-corrected chi connectivity index (χ4v) is 2.56. The van der Waals surface area contributed by atoms with Crippen LogP contribution in [0.2, 0.25) is 0 Å². The van der Waals surface area contributed by atoms with Crippen LogP contribution in [0.15, 0.2) is 30.3 Å². The Morgan fingerprint density at radius 1 is 1.32 bits per heavy atom. The Morgan fingerprint density at radius 3 is 2.53 bits per heavy atom. The van der Waals surface area contributed by atoms with Gasteiger partial charge in [0, 0.05) is 19.0 Å². The average Bonchev–Trinajstić information content (AvgIpc) is 2.33. The molecule has 6 heteroatoms. The third-order valence-electron chi connectivity index (χ3n) is 3.50. The number of hydrogen-bond donors (Lipinski definition) is 1. The zero-order chi connectivity index (χ0) is 14.1. The van der Waals surface area contributed by atoms with E-state index in [1.807, 2.05) is 0 Å². The van der Waals surface area contributed by atoms with Crippen LogP contribution in [0.5, 0.6) is 0 Å². The Labute approximate surface area is 110 Å². The first-order valence-electron chi connectivity index (χ1n) is 6.13. The van der Waals surface area contributed by atoms with E-state index >= 15 is 0 Å². The smallest absolute Gasteiger partial charge is 0.327 e. The number of piperidine rings is 1. The molecule has 0 radical (unpaired) electrons. The lowest BCUT2D eigenvalue weighted by molar-refractivity contribution is -0.400. The van der Waals surface area contributed by atoms with Gasteiger partial charge in [0.25, 0.3) is 0 Å². The zero-order valence-corrected chi connectivity index (χ0v) is 10.7. The summed E-state index contributed by atoms with van der Waals surface area (Å²) in [5, 5.41) is 0. The van der Waals surface area contributed by atoms with Gasteiger partial charge in [0.05, 0.1) is 0 Å². The van der Waals surface area contributed by atoms with Crippen LogP contribution in [-0.2, 0) is 10.5 Å². The zero-order valence-electron chi connectivity index (χ0n) is 10.7. The van der Waals surface area contributed by atoms with Crippen molar-refractivity contribution >= 4 is 0 Å². The Kier molecular flexibility index (Phi) is 3.85. The highest BCUT2D eigenvalue weighted by Gasteiger charge is 2.50. The number of nitrogens with two attached hydrogens (primary N) is 1. The monoisotopic (exact) mass is 274 g/mol. The Morgan fingerprint density at radius 2 is 1.95 bits per heavy atom. The Balaban J connectivity index is 2.43. The van der Waals surface area contributed by atoms with E-state index in [1.54, 1.807) is 42.3 Å². The van der Waals surface area contributed by atoms with Crippen LogP contribution in [0.4, 0.5) is 13.2 Å². The third-order valence-corrected chi connectivity index (χ3v) is 3.50. The van der Waals surface area contributed by atoms with Gasteiger partial charge in [-0.1, -0.05) is 30.3 Å². The molecule has 2 rings (SSSR count). The molecule has 0 bridgehead atoms. The standard InChI is InChI=1S/C13H17F3N2O/c1-18-8-7-11(17)9-12(18,19-13(14,15)16)10-5-3-2-4-6-10/h2-6,11H,7-9,17H2,1H3. The highest BCUT2D eigenvalue weighted by atomic mass is 19.4. The van der Waals surface area contributed by atoms with Gasteiger partial charge in [-0.2, -0.15) is 0 Å². The third kappa shape index (κ3) is 3.08. The molecule has 0 saturated carbocycles. The quantitative estimate of drug-likeness (QED) is 0.900. The molecule has 0 aliphatic carbocycles. The predicted octanol–water partition coefficient (Wildman–Crippen LogP) is 2.43. The number of hydrogen-bond acceptors (Lipinski definition) is 3. The van der Waals surface area contributed by atoms with Gasteiger partial charge in [0.15, 0.2) is 5.72 Å². The fourth-order valence-electron chi connectivity index (χ4n) is 2.56. The molecule has 0 spiro atoms. The second kappa shape index (κ2) is 5.11. The van der Waals surface area contributed by atoms with E-state index in [0.29, 0.717) is 18.5 Å². The topological polar surface area (TPSA) is 38.5 Å². The molecule has 2 N–H and O–H groups in total. The van der Waals surface area contributed by atoms with Gasteiger partial charge in [0.2, 0.25) is 0 Å². The van der Waals surface area contributed by atoms with Crippen molar-refractivity contribution in [3.8, 4) is 0 Å². The van der Waals surface area contributed by atoms with Crippen LogP contribution in [0.3, 0.4) is 0 Å². The maximum atomic E-state index is 12.8. The summed E-state index contributed by atoms with van der Waals surface area (Å²) in [4.78, 5) is 1.58. The molecular weight excluding hydrogens is 257 g/mol. The van der Waals surface area contributed by atoms with Crippen LogP contribution in [0.1, 0.15) is 18.4 Å². The molecule has 2 unspecified atom stereocenters. The Bertz CT molecular complexity index is 424. The molecule has 1 aliphatic heterocycles. The lowest BCUT2D eigenvalue weighted by Gasteiger charge is -2.47. The number of rotatable bonds is 2. The van der Waals surface area contributed by atoms with Crippen molar-refractivity contribution in [2.24, 2.45) is 5.73 Å². The minimum atomic E-state index is -4.71. The minimum absolute atomic E-state index is 0.118. The summed E-state index contributed by atoms with van der Waals surface area (Å²) in [6.07, 6.45) is -3.93. The van der Waals surface area contributed by atoms with Crippen molar-refractivity contribution in [3.05, 3.63) is 35.9 Å². The van der Waals surface area contributed by atoms with Gasteiger partial charge in [-0.3, -0.25) is 9.64 Å². The summed E-state index contributed by atoms with van der Waals surface area (Å²) >= 11 is 0. The molecular formula is C13H17F3N2O. The summed E-state index contributed by atoms with van der Waals surface area (Å²) in [5.74, 6) is 0. The van der Waals surface area contributed by atoms with Gasteiger partial charge < -0.3 is 5.73 Å². The first-order chi connectivity index (χ1) is 8.83. The van der Waals surface area contributed by atoms with E-state index in [2.05, 4.69) is 4.74 Å². The molecule has 19 heavy (non-hydrogen) atoms. The van der Waals surface area contributed by atoms with Gasteiger partial charge in [-0.25, -0.2) is 0 Å². The summed E-state index contributed by atoms with van der Waals surface area (Å²) in [6, 6.07) is 8.13. The van der Waals surface area contributed by atoms with E-state index in [-0.39, 0.29) is 12.5 Å². The molecule has 106 valence electrons. The fraction of sp³-hybridized carbons (Fsp3) is 0.538. The minimum Gasteiger partial charge on any atom is -0.327 e. The van der Waals surface area contributed by atoms with Crippen LogP contribution >= 0.6 is 0 Å². The molecule has 1 aliphatic rings. The Hall–Kier alpha value is -1.11. The van der Waals surface area contributed by atoms with E-state index in [0.717, 1.165) is 0 Å². The number of likely N-dealkylation sites (tertiary alicyclic amines) is 1.